The monoisotopic (exact) mass is 444 g/mol. The highest BCUT2D eigenvalue weighted by Gasteiger charge is 2.26. The lowest BCUT2D eigenvalue weighted by Gasteiger charge is -2.28. The van der Waals surface area contributed by atoms with Gasteiger partial charge in [0.05, 0.1) is 31.1 Å². The highest BCUT2D eigenvalue weighted by atomic mass is 19.1. The molecule has 0 saturated carbocycles. The van der Waals surface area contributed by atoms with Crippen molar-refractivity contribution >= 4 is 5.71 Å². The number of oxime groups is 1. The Bertz CT molecular complexity index is 896. The van der Waals surface area contributed by atoms with Crippen LogP contribution >= 0.6 is 0 Å². The molecule has 1 heterocycles. The zero-order valence-corrected chi connectivity index (χ0v) is 19.3. The number of rotatable bonds is 10. The van der Waals surface area contributed by atoms with E-state index in [4.69, 9.17) is 14.3 Å². The number of aliphatic hydroxyl groups is 1. The second kappa shape index (κ2) is 10.9. The van der Waals surface area contributed by atoms with E-state index >= 15 is 0 Å². The number of hydrogen-bond donors (Lipinski definition) is 1. The number of hydrogen-bond acceptors (Lipinski definition) is 6. The van der Waals surface area contributed by atoms with Crippen LogP contribution in [0.15, 0.2) is 53.7 Å². The smallest absolute Gasteiger partial charge is 0.145 e. The Kier molecular flexibility index (Phi) is 8.23. The fraction of sp³-hybridized carbons (Fsp3) is 0.480. The zero-order chi connectivity index (χ0) is 23.1. The summed E-state index contributed by atoms with van der Waals surface area (Å²) in [6, 6.07) is 14.1. The highest BCUT2D eigenvalue weighted by molar-refractivity contribution is 6.01. The molecule has 0 bridgehead atoms. The van der Waals surface area contributed by atoms with Crippen LogP contribution in [0.25, 0.3) is 0 Å². The summed E-state index contributed by atoms with van der Waals surface area (Å²) in [6.07, 6.45) is -0.176. The summed E-state index contributed by atoms with van der Waals surface area (Å²) in [6.45, 7) is 7.78. The third kappa shape index (κ3) is 7.58. The van der Waals surface area contributed by atoms with E-state index in [-0.39, 0.29) is 24.1 Å². The van der Waals surface area contributed by atoms with Gasteiger partial charge < -0.3 is 19.4 Å². The molecule has 1 N–H and O–H groups in total. The van der Waals surface area contributed by atoms with Gasteiger partial charge in [-0.3, -0.25) is 4.90 Å². The summed E-state index contributed by atoms with van der Waals surface area (Å²) in [5, 5.41) is 14.8. The van der Waals surface area contributed by atoms with Crippen molar-refractivity contribution in [3.63, 3.8) is 0 Å². The quantitative estimate of drug-likeness (QED) is 0.600. The van der Waals surface area contributed by atoms with Gasteiger partial charge in [0.25, 0.3) is 0 Å². The van der Waals surface area contributed by atoms with Crippen LogP contribution in [0.3, 0.4) is 0 Å². The molecule has 0 spiro atoms. The van der Waals surface area contributed by atoms with Gasteiger partial charge in [-0.25, -0.2) is 4.39 Å². The molecule has 0 radical (unpaired) electrons. The van der Waals surface area contributed by atoms with Gasteiger partial charge in [0, 0.05) is 26.1 Å². The Balaban J connectivity index is 1.64. The summed E-state index contributed by atoms with van der Waals surface area (Å²) in [4.78, 5) is 7.81. The first-order chi connectivity index (χ1) is 15.2. The maximum Gasteiger partial charge on any atom is 0.145 e. The lowest BCUT2D eigenvalue weighted by molar-refractivity contribution is -0.0600. The Morgan fingerprint density at radius 3 is 2.66 bits per heavy atom. The molecule has 1 aliphatic rings. The van der Waals surface area contributed by atoms with Crippen molar-refractivity contribution in [1.29, 1.82) is 0 Å². The van der Waals surface area contributed by atoms with E-state index in [1.54, 1.807) is 19.2 Å². The van der Waals surface area contributed by atoms with Gasteiger partial charge in [-0.15, -0.1) is 0 Å². The summed E-state index contributed by atoms with van der Waals surface area (Å²) >= 11 is 0. The molecule has 3 rings (SSSR count). The van der Waals surface area contributed by atoms with Gasteiger partial charge in [-0.05, 0) is 56.2 Å². The fourth-order valence-corrected chi connectivity index (χ4v) is 3.56. The van der Waals surface area contributed by atoms with E-state index in [9.17, 15) is 9.50 Å². The van der Waals surface area contributed by atoms with Gasteiger partial charge in [0.1, 0.15) is 17.7 Å². The SMILES string of the molecule is COc1cccc(CN(C[C@@H](O)COC(C)(C)C)C[C@@H]2CC(c3ccc(F)cc3)=NO2)c1. The van der Waals surface area contributed by atoms with E-state index in [2.05, 4.69) is 10.1 Å². The summed E-state index contributed by atoms with van der Waals surface area (Å²) in [5.41, 5.74) is 2.41. The first-order valence-electron chi connectivity index (χ1n) is 10.9. The summed E-state index contributed by atoms with van der Waals surface area (Å²) < 4.78 is 24.3. The lowest BCUT2D eigenvalue weighted by atomic mass is 10.0. The molecule has 0 unspecified atom stereocenters. The second-order valence-corrected chi connectivity index (χ2v) is 9.10. The first kappa shape index (κ1) is 24.2. The Labute approximate surface area is 189 Å². The van der Waals surface area contributed by atoms with Crippen molar-refractivity contribution in [2.24, 2.45) is 5.16 Å². The topological polar surface area (TPSA) is 63.5 Å². The minimum absolute atomic E-state index is 0.156. The van der Waals surface area contributed by atoms with Crippen LogP contribution in [0.5, 0.6) is 5.75 Å². The molecular formula is C25H33FN2O4. The Hall–Kier alpha value is -2.48. The van der Waals surface area contributed by atoms with Crippen molar-refractivity contribution in [3.8, 4) is 5.75 Å². The van der Waals surface area contributed by atoms with Crippen LogP contribution < -0.4 is 4.74 Å². The maximum atomic E-state index is 13.2. The van der Waals surface area contributed by atoms with E-state index in [0.29, 0.717) is 26.1 Å². The van der Waals surface area contributed by atoms with Crippen molar-refractivity contribution in [1.82, 2.24) is 4.90 Å². The molecular weight excluding hydrogens is 411 g/mol. The number of aliphatic hydroxyl groups excluding tert-OH is 1. The van der Waals surface area contributed by atoms with E-state index in [1.165, 1.54) is 12.1 Å². The largest absolute Gasteiger partial charge is 0.497 e. The summed E-state index contributed by atoms with van der Waals surface area (Å²) in [5.74, 6) is 0.513. The molecule has 2 aromatic carbocycles. The average Bonchev–Trinajstić information content (AvgIpc) is 3.21. The number of methoxy groups -OCH3 is 1. The van der Waals surface area contributed by atoms with Crippen molar-refractivity contribution in [3.05, 3.63) is 65.5 Å². The molecule has 7 heteroatoms. The lowest BCUT2D eigenvalue weighted by Crippen LogP contribution is -2.40. The third-order valence-corrected chi connectivity index (χ3v) is 5.09. The van der Waals surface area contributed by atoms with E-state index in [0.717, 1.165) is 22.6 Å². The van der Waals surface area contributed by atoms with Gasteiger partial charge in [0.2, 0.25) is 0 Å². The standard InChI is InChI=1S/C25H33FN2O4/c1-25(2,3)31-17-21(29)15-28(14-18-6-5-7-22(12-18)30-4)16-23-13-24(27-32-23)19-8-10-20(26)11-9-19/h5-12,21,23,29H,13-17H2,1-4H3/t21-,23+/m1/s1. The number of halogens is 1. The van der Waals surface area contributed by atoms with Crippen LogP contribution in [-0.2, 0) is 16.1 Å². The molecule has 2 atom stereocenters. The predicted octanol–water partition coefficient (Wildman–Crippen LogP) is 4.01. The second-order valence-electron chi connectivity index (χ2n) is 9.10. The maximum absolute atomic E-state index is 13.2. The van der Waals surface area contributed by atoms with E-state index in [1.807, 2.05) is 45.0 Å². The number of nitrogens with zero attached hydrogens (tertiary/aromatic N) is 2. The zero-order valence-electron chi connectivity index (χ0n) is 19.3. The normalized spacial score (nSPS) is 17.2. The van der Waals surface area contributed by atoms with Gasteiger partial charge in [0.15, 0.2) is 0 Å². The number of ether oxygens (including phenoxy) is 2. The van der Waals surface area contributed by atoms with Crippen molar-refractivity contribution < 1.29 is 23.8 Å². The summed E-state index contributed by atoms with van der Waals surface area (Å²) in [7, 11) is 1.64. The minimum Gasteiger partial charge on any atom is -0.497 e. The van der Waals surface area contributed by atoms with Crippen LogP contribution in [0, 0.1) is 5.82 Å². The molecule has 32 heavy (non-hydrogen) atoms. The Morgan fingerprint density at radius 2 is 1.97 bits per heavy atom. The van der Waals surface area contributed by atoms with Crippen LogP contribution in [0.2, 0.25) is 0 Å². The molecule has 0 aliphatic carbocycles. The molecule has 2 aromatic rings. The van der Waals surface area contributed by atoms with Crippen molar-refractivity contribution in [2.45, 2.75) is 51.5 Å². The molecule has 0 aromatic heterocycles. The molecule has 0 fully saturated rings. The van der Waals surface area contributed by atoms with E-state index < -0.39 is 6.10 Å². The molecule has 6 nitrogen and oxygen atoms in total. The molecule has 174 valence electrons. The van der Waals surface area contributed by atoms with Crippen LogP contribution in [0.1, 0.15) is 38.3 Å². The molecule has 1 aliphatic heterocycles. The number of benzene rings is 2. The first-order valence-corrected chi connectivity index (χ1v) is 10.9. The van der Waals surface area contributed by atoms with Crippen LogP contribution in [0.4, 0.5) is 4.39 Å². The molecule has 0 saturated heterocycles. The van der Waals surface area contributed by atoms with Gasteiger partial charge in [-0.2, -0.15) is 0 Å². The average molecular weight is 445 g/mol. The predicted molar refractivity (Wildman–Crippen MR) is 122 cm³/mol. The van der Waals surface area contributed by atoms with Crippen molar-refractivity contribution in [2.75, 3.05) is 26.8 Å². The Morgan fingerprint density at radius 1 is 1.22 bits per heavy atom. The third-order valence-electron chi connectivity index (χ3n) is 5.09. The molecule has 0 amide bonds. The minimum atomic E-state index is -0.640. The highest BCUT2D eigenvalue weighted by Crippen LogP contribution is 2.20. The van der Waals surface area contributed by atoms with Gasteiger partial charge >= 0.3 is 0 Å². The van der Waals surface area contributed by atoms with Gasteiger partial charge in [-0.1, -0.05) is 29.4 Å². The van der Waals surface area contributed by atoms with Crippen LogP contribution in [-0.4, -0.2) is 60.3 Å². The fourth-order valence-electron chi connectivity index (χ4n) is 3.56.